The summed E-state index contributed by atoms with van der Waals surface area (Å²) >= 11 is 0. The molecule has 0 atom stereocenters. The molecule has 0 spiro atoms. The second-order valence-corrected chi connectivity index (χ2v) is 6.36. The minimum absolute atomic E-state index is 0.103. The van der Waals surface area contributed by atoms with Crippen LogP contribution in [0.15, 0.2) is 67.0 Å². The molecule has 154 valence electrons. The van der Waals surface area contributed by atoms with Crippen molar-refractivity contribution in [1.82, 2.24) is 10.3 Å². The normalized spacial score (nSPS) is 10.2. The summed E-state index contributed by atoms with van der Waals surface area (Å²) < 4.78 is 10.5. The number of amides is 2. The minimum atomic E-state index is -0.296. The number of nitrogens with zero attached hydrogens (tertiary/aromatic N) is 1. The summed E-state index contributed by atoms with van der Waals surface area (Å²) in [6.45, 7) is 0.216. The lowest BCUT2D eigenvalue weighted by atomic mass is 10.1. The number of anilines is 2. The zero-order valence-corrected chi connectivity index (χ0v) is 16.4. The van der Waals surface area contributed by atoms with Crippen LogP contribution in [0.4, 0.5) is 11.4 Å². The summed E-state index contributed by atoms with van der Waals surface area (Å²) in [6.07, 6.45) is 3.17. The van der Waals surface area contributed by atoms with Crippen molar-refractivity contribution in [3.63, 3.8) is 0 Å². The lowest BCUT2D eigenvalue weighted by Crippen LogP contribution is -2.28. The smallest absolute Gasteiger partial charge is 0.258 e. The third kappa shape index (κ3) is 5.71. The Kier molecular flexibility index (Phi) is 6.83. The zero-order valence-electron chi connectivity index (χ0n) is 16.4. The van der Waals surface area contributed by atoms with Crippen LogP contribution in [-0.2, 0) is 11.3 Å². The number of nitrogens with one attached hydrogen (secondary N) is 2. The molecule has 8 nitrogen and oxygen atoms in total. The molecule has 2 aromatic carbocycles. The highest BCUT2D eigenvalue weighted by atomic mass is 16.5. The van der Waals surface area contributed by atoms with Crippen LogP contribution in [0.25, 0.3) is 0 Å². The van der Waals surface area contributed by atoms with Gasteiger partial charge in [-0.05, 0) is 42.0 Å². The molecule has 4 N–H and O–H groups in total. The molecule has 0 unspecified atom stereocenters. The second-order valence-electron chi connectivity index (χ2n) is 6.36. The molecular formula is C22H22N4O4. The highest BCUT2D eigenvalue weighted by Gasteiger charge is 2.10. The van der Waals surface area contributed by atoms with Crippen molar-refractivity contribution in [2.45, 2.75) is 6.54 Å². The van der Waals surface area contributed by atoms with E-state index in [4.69, 9.17) is 15.2 Å². The Bertz CT molecular complexity index is 1010. The molecule has 1 heterocycles. The Labute approximate surface area is 174 Å². The number of aromatic nitrogens is 1. The number of methoxy groups -OCH3 is 1. The number of nitrogen functional groups attached to an aromatic ring is 1. The molecule has 0 aliphatic rings. The van der Waals surface area contributed by atoms with Crippen LogP contribution in [0.3, 0.4) is 0 Å². The van der Waals surface area contributed by atoms with Crippen molar-refractivity contribution in [3.05, 3.63) is 78.1 Å². The summed E-state index contributed by atoms with van der Waals surface area (Å²) in [7, 11) is 1.54. The molecule has 8 heteroatoms. The maximum atomic E-state index is 12.5. The first-order chi connectivity index (χ1) is 14.5. The number of carbonyl (C=O) groups is 2. The van der Waals surface area contributed by atoms with Gasteiger partial charge < -0.3 is 25.8 Å². The van der Waals surface area contributed by atoms with Gasteiger partial charge in [-0.25, -0.2) is 0 Å². The standard InChI is InChI=1S/C22H22N4O4/c1-29-17-8-9-19(23)20(11-17)26-22(28)16-6-4-15(5-7-16)12-25-21(27)14-30-18-3-2-10-24-13-18/h2-11,13H,12,14,23H2,1H3,(H,25,27)(H,26,28). The molecule has 1 aromatic heterocycles. The van der Waals surface area contributed by atoms with Gasteiger partial charge in [0.15, 0.2) is 6.61 Å². The molecule has 3 rings (SSSR count). The van der Waals surface area contributed by atoms with Crippen LogP contribution < -0.4 is 25.8 Å². The van der Waals surface area contributed by atoms with E-state index < -0.39 is 0 Å². The van der Waals surface area contributed by atoms with Crippen LogP contribution in [-0.4, -0.2) is 30.5 Å². The summed E-state index contributed by atoms with van der Waals surface area (Å²) in [5.74, 6) is 0.572. The predicted octanol–water partition coefficient (Wildman–Crippen LogP) is 2.62. The van der Waals surface area contributed by atoms with Crippen molar-refractivity contribution in [2.75, 3.05) is 24.8 Å². The predicted molar refractivity (Wildman–Crippen MR) is 113 cm³/mol. The number of hydrogen-bond acceptors (Lipinski definition) is 6. The van der Waals surface area contributed by atoms with Crippen molar-refractivity contribution in [3.8, 4) is 11.5 Å². The summed E-state index contributed by atoms with van der Waals surface area (Å²) in [5.41, 5.74) is 8.13. The number of nitrogens with two attached hydrogens (primary N) is 1. The number of carbonyl (C=O) groups excluding carboxylic acids is 2. The van der Waals surface area contributed by atoms with Crippen LogP contribution in [0.1, 0.15) is 15.9 Å². The Morgan fingerprint density at radius 1 is 1.07 bits per heavy atom. The van der Waals surface area contributed by atoms with Gasteiger partial charge in [0.25, 0.3) is 11.8 Å². The molecule has 0 saturated carbocycles. The fourth-order valence-electron chi connectivity index (χ4n) is 2.57. The molecule has 0 aliphatic heterocycles. The number of benzene rings is 2. The van der Waals surface area contributed by atoms with E-state index in [0.29, 0.717) is 35.0 Å². The highest BCUT2D eigenvalue weighted by Crippen LogP contribution is 2.25. The average molecular weight is 406 g/mol. The number of ether oxygens (including phenoxy) is 2. The molecule has 0 saturated heterocycles. The lowest BCUT2D eigenvalue weighted by Gasteiger charge is -2.11. The van der Waals surface area contributed by atoms with E-state index in [2.05, 4.69) is 15.6 Å². The molecule has 30 heavy (non-hydrogen) atoms. The fraction of sp³-hybridized carbons (Fsp3) is 0.136. The van der Waals surface area contributed by atoms with Gasteiger partial charge in [-0.2, -0.15) is 0 Å². The maximum absolute atomic E-state index is 12.5. The maximum Gasteiger partial charge on any atom is 0.258 e. The molecule has 3 aromatic rings. The van der Waals surface area contributed by atoms with Crippen LogP contribution >= 0.6 is 0 Å². The van der Waals surface area contributed by atoms with Crippen molar-refractivity contribution in [2.24, 2.45) is 0 Å². The summed E-state index contributed by atoms with van der Waals surface area (Å²) in [6, 6.07) is 15.4. The zero-order chi connectivity index (χ0) is 21.3. The Morgan fingerprint density at radius 2 is 1.87 bits per heavy atom. The monoisotopic (exact) mass is 406 g/mol. The summed E-state index contributed by atoms with van der Waals surface area (Å²) in [4.78, 5) is 28.3. The van der Waals surface area contributed by atoms with Crippen LogP contribution in [0, 0.1) is 0 Å². The van der Waals surface area contributed by atoms with Crippen molar-refractivity contribution >= 4 is 23.2 Å². The Balaban J connectivity index is 1.50. The first-order valence-corrected chi connectivity index (χ1v) is 9.18. The van der Waals surface area contributed by atoms with E-state index in [1.807, 2.05) is 0 Å². The SMILES string of the molecule is COc1ccc(N)c(NC(=O)c2ccc(CNC(=O)COc3cccnc3)cc2)c1. The van der Waals surface area contributed by atoms with Gasteiger partial charge in [-0.15, -0.1) is 0 Å². The second kappa shape index (κ2) is 9.92. The summed E-state index contributed by atoms with van der Waals surface area (Å²) in [5, 5.41) is 5.53. The quantitative estimate of drug-likeness (QED) is 0.495. The molecule has 0 aliphatic carbocycles. The van der Waals surface area contributed by atoms with E-state index in [9.17, 15) is 9.59 Å². The highest BCUT2D eigenvalue weighted by molar-refractivity contribution is 6.05. The van der Waals surface area contributed by atoms with Crippen molar-refractivity contribution in [1.29, 1.82) is 0 Å². The average Bonchev–Trinajstić information content (AvgIpc) is 2.78. The number of rotatable bonds is 8. The molecule has 0 bridgehead atoms. The van der Waals surface area contributed by atoms with E-state index >= 15 is 0 Å². The lowest BCUT2D eigenvalue weighted by molar-refractivity contribution is -0.123. The van der Waals surface area contributed by atoms with Crippen LogP contribution in [0.2, 0.25) is 0 Å². The van der Waals surface area contributed by atoms with Gasteiger partial charge in [0, 0.05) is 24.4 Å². The molecule has 0 fully saturated rings. The topological polar surface area (TPSA) is 116 Å². The van der Waals surface area contributed by atoms with Gasteiger partial charge >= 0.3 is 0 Å². The Morgan fingerprint density at radius 3 is 2.57 bits per heavy atom. The third-order valence-electron chi connectivity index (χ3n) is 4.22. The fourth-order valence-corrected chi connectivity index (χ4v) is 2.57. The number of hydrogen-bond donors (Lipinski definition) is 3. The van der Waals surface area contributed by atoms with E-state index in [-0.39, 0.29) is 18.4 Å². The molecule has 2 amide bonds. The third-order valence-corrected chi connectivity index (χ3v) is 4.22. The largest absolute Gasteiger partial charge is 0.497 e. The first-order valence-electron chi connectivity index (χ1n) is 9.18. The van der Waals surface area contributed by atoms with Gasteiger partial charge in [-0.3, -0.25) is 14.6 Å². The van der Waals surface area contributed by atoms with Crippen molar-refractivity contribution < 1.29 is 19.1 Å². The minimum Gasteiger partial charge on any atom is -0.497 e. The van der Waals surface area contributed by atoms with Gasteiger partial charge in [-0.1, -0.05) is 12.1 Å². The van der Waals surface area contributed by atoms with Crippen LogP contribution in [0.5, 0.6) is 11.5 Å². The molecule has 0 radical (unpaired) electrons. The molecular weight excluding hydrogens is 384 g/mol. The van der Waals surface area contributed by atoms with E-state index in [1.165, 1.54) is 6.20 Å². The Hall–Kier alpha value is -4.07. The van der Waals surface area contributed by atoms with E-state index in [1.54, 1.807) is 67.9 Å². The van der Waals surface area contributed by atoms with Gasteiger partial charge in [0.2, 0.25) is 0 Å². The van der Waals surface area contributed by atoms with Gasteiger partial charge in [0.1, 0.15) is 11.5 Å². The number of pyridine rings is 1. The first kappa shape index (κ1) is 20.7. The van der Waals surface area contributed by atoms with E-state index in [0.717, 1.165) is 5.56 Å². The van der Waals surface area contributed by atoms with Gasteiger partial charge in [0.05, 0.1) is 24.7 Å².